The van der Waals surface area contributed by atoms with Crippen molar-refractivity contribution < 1.29 is 9.84 Å². The van der Waals surface area contributed by atoms with Crippen LogP contribution in [0.3, 0.4) is 0 Å². The summed E-state index contributed by atoms with van der Waals surface area (Å²) in [6.07, 6.45) is 11.2. The topological polar surface area (TPSA) is 65.3 Å². The summed E-state index contributed by atoms with van der Waals surface area (Å²) in [5.74, 6) is 4.80. The molecule has 0 aliphatic heterocycles. The second kappa shape index (κ2) is 9.14. The lowest BCUT2D eigenvalue weighted by Gasteiger charge is -2.57. The van der Waals surface area contributed by atoms with Gasteiger partial charge in [0.15, 0.2) is 0 Å². The van der Waals surface area contributed by atoms with Crippen molar-refractivity contribution in [3.8, 4) is 6.07 Å². The predicted octanol–water partition coefficient (Wildman–Crippen LogP) is 6.31. The minimum absolute atomic E-state index is 0.423. The van der Waals surface area contributed by atoms with Gasteiger partial charge in [-0.1, -0.05) is 6.92 Å². The van der Waals surface area contributed by atoms with E-state index >= 15 is 0 Å². The van der Waals surface area contributed by atoms with E-state index < -0.39 is 5.60 Å². The molecule has 9 atom stereocenters. The zero-order valence-electron chi connectivity index (χ0n) is 21.6. The Balaban J connectivity index is 1.28. The molecule has 1 aromatic rings. The third-order valence-electron chi connectivity index (χ3n) is 10.9. The highest BCUT2D eigenvalue weighted by molar-refractivity contribution is 5.54. The number of nitrogens with zero attached hydrogens (tertiary/aromatic N) is 1. The normalized spacial score (nSPS) is 42.1. The van der Waals surface area contributed by atoms with Crippen LogP contribution in [-0.2, 0) is 4.74 Å². The molecule has 0 amide bonds. The Morgan fingerprint density at radius 3 is 2.65 bits per heavy atom. The number of aryl methyl sites for hydroxylation is 1. The van der Waals surface area contributed by atoms with Gasteiger partial charge in [-0.3, -0.25) is 0 Å². The van der Waals surface area contributed by atoms with Crippen molar-refractivity contribution >= 4 is 5.69 Å². The quantitative estimate of drug-likeness (QED) is 0.536. The molecule has 5 rings (SSSR count). The molecule has 4 nitrogen and oxygen atoms in total. The van der Waals surface area contributed by atoms with E-state index in [4.69, 9.17) is 4.74 Å². The zero-order valence-corrected chi connectivity index (χ0v) is 21.6. The van der Waals surface area contributed by atoms with E-state index in [1.807, 2.05) is 12.1 Å². The molecule has 0 unspecified atom stereocenters. The Kier molecular flexibility index (Phi) is 6.49. The summed E-state index contributed by atoms with van der Waals surface area (Å²) in [5, 5.41) is 24.1. The van der Waals surface area contributed by atoms with E-state index in [1.165, 1.54) is 56.2 Å². The molecule has 1 aromatic carbocycles. The number of hydrogen-bond donors (Lipinski definition) is 2. The number of benzene rings is 1. The monoisotopic (exact) mass is 464 g/mol. The molecule has 4 aliphatic rings. The molecule has 4 aliphatic carbocycles. The lowest BCUT2D eigenvalue weighted by molar-refractivity contribution is -0.124. The van der Waals surface area contributed by atoms with Crippen LogP contribution in [0, 0.1) is 59.2 Å². The molecule has 0 saturated heterocycles. The Morgan fingerprint density at radius 1 is 1.12 bits per heavy atom. The van der Waals surface area contributed by atoms with Crippen molar-refractivity contribution in [1.82, 2.24) is 0 Å². The van der Waals surface area contributed by atoms with Crippen molar-refractivity contribution in [2.45, 2.75) is 90.2 Å². The first kappa shape index (κ1) is 24.1. The van der Waals surface area contributed by atoms with E-state index in [0.717, 1.165) is 42.1 Å². The molecule has 186 valence electrons. The Bertz CT molecular complexity index is 940. The highest BCUT2D eigenvalue weighted by Crippen LogP contribution is 2.65. The predicted molar refractivity (Wildman–Crippen MR) is 136 cm³/mol. The average Bonchev–Trinajstić information content (AvgIpc) is 3.17. The van der Waals surface area contributed by atoms with E-state index in [0.29, 0.717) is 29.9 Å². The van der Waals surface area contributed by atoms with Crippen LogP contribution in [0.1, 0.15) is 82.8 Å². The molecule has 34 heavy (non-hydrogen) atoms. The van der Waals surface area contributed by atoms with Gasteiger partial charge < -0.3 is 15.2 Å². The largest absolute Gasteiger partial charge is 0.387 e. The SMILES string of the molecule is COC[C@@]1(O)CC[C@H]2[C@H](CC[C@@H]3[C@@H]2CC[C@]2(C)[C@@H]([C@H](C)Nc4ccc(C#N)cc4C)CC[C@@H]32)C1. The highest BCUT2D eigenvalue weighted by Gasteiger charge is 2.58. The van der Waals surface area contributed by atoms with Crippen LogP contribution in [-0.4, -0.2) is 30.5 Å². The highest BCUT2D eigenvalue weighted by atomic mass is 16.5. The second-order valence-electron chi connectivity index (χ2n) is 12.6. The van der Waals surface area contributed by atoms with Crippen LogP contribution in [0.4, 0.5) is 5.69 Å². The molecular formula is C30H44N2O2. The van der Waals surface area contributed by atoms with E-state index in [2.05, 4.69) is 38.2 Å². The number of anilines is 1. The molecule has 4 saturated carbocycles. The third kappa shape index (κ3) is 4.07. The zero-order chi connectivity index (χ0) is 24.1. The first-order chi connectivity index (χ1) is 16.3. The van der Waals surface area contributed by atoms with Crippen molar-refractivity contribution in [3.63, 3.8) is 0 Å². The average molecular weight is 465 g/mol. The molecule has 0 spiro atoms. The number of hydrogen-bond acceptors (Lipinski definition) is 4. The lowest BCUT2D eigenvalue weighted by atomic mass is 9.48. The van der Waals surface area contributed by atoms with Crippen LogP contribution >= 0.6 is 0 Å². The van der Waals surface area contributed by atoms with Gasteiger partial charge in [-0.25, -0.2) is 0 Å². The van der Waals surface area contributed by atoms with Crippen LogP contribution in [0.2, 0.25) is 0 Å². The summed E-state index contributed by atoms with van der Waals surface area (Å²) in [4.78, 5) is 0. The summed E-state index contributed by atoms with van der Waals surface area (Å²) in [7, 11) is 1.72. The first-order valence-electron chi connectivity index (χ1n) is 13.8. The number of methoxy groups -OCH3 is 1. The van der Waals surface area contributed by atoms with Gasteiger partial charge in [-0.05, 0) is 136 Å². The van der Waals surface area contributed by atoms with Gasteiger partial charge in [0.25, 0.3) is 0 Å². The Hall–Kier alpha value is -1.57. The Labute approximate surface area is 206 Å². The molecule has 0 radical (unpaired) electrons. The summed E-state index contributed by atoms with van der Waals surface area (Å²) in [6, 6.07) is 8.71. The Morgan fingerprint density at radius 2 is 1.91 bits per heavy atom. The summed E-state index contributed by atoms with van der Waals surface area (Å²) in [5.41, 5.74) is 2.92. The van der Waals surface area contributed by atoms with Crippen LogP contribution < -0.4 is 5.32 Å². The van der Waals surface area contributed by atoms with Crippen molar-refractivity contribution in [3.05, 3.63) is 29.3 Å². The van der Waals surface area contributed by atoms with Crippen molar-refractivity contribution in [1.29, 1.82) is 5.26 Å². The van der Waals surface area contributed by atoms with Gasteiger partial charge >= 0.3 is 0 Å². The summed E-state index contributed by atoms with van der Waals surface area (Å²) >= 11 is 0. The van der Waals surface area contributed by atoms with Crippen molar-refractivity contribution in [2.24, 2.45) is 40.9 Å². The van der Waals surface area contributed by atoms with Crippen LogP contribution in [0.5, 0.6) is 0 Å². The van der Waals surface area contributed by atoms with Gasteiger partial charge in [0.2, 0.25) is 0 Å². The second-order valence-corrected chi connectivity index (χ2v) is 12.6. The fourth-order valence-electron chi connectivity index (χ4n) is 9.47. The number of rotatable bonds is 5. The maximum atomic E-state index is 11.0. The smallest absolute Gasteiger partial charge is 0.0991 e. The van der Waals surface area contributed by atoms with Crippen molar-refractivity contribution in [2.75, 3.05) is 19.0 Å². The third-order valence-corrected chi connectivity index (χ3v) is 10.9. The number of aliphatic hydroxyl groups is 1. The van der Waals surface area contributed by atoms with E-state index in [9.17, 15) is 10.4 Å². The number of ether oxygens (including phenoxy) is 1. The van der Waals surface area contributed by atoms with Gasteiger partial charge in [0.1, 0.15) is 0 Å². The van der Waals surface area contributed by atoms with E-state index in [-0.39, 0.29) is 0 Å². The molecule has 0 aromatic heterocycles. The summed E-state index contributed by atoms with van der Waals surface area (Å²) < 4.78 is 5.37. The molecule has 4 heteroatoms. The fourth-order valence-corrected chi connectivity index (χ4v) is 9.47. The maximum absolute atomic E-state index is 11.0. The minimum atomic E-state index is -0.588. The maximum Gasteiger partial charge on any atom is 0.0991 e. The first-order valence-corrected chi connectivity index (χ1v) is 13.8. The standard InChI is InChI=1S/C30H44N2O2/c1-19-15-21(17-31)5-10-28(19)32-20(2)26-8-9-27-25-7-6-22-16-30(33,18-34-4)14-12-23(22)24(25)11-13-29(26,27)3/h5,10,15,20,22-27,32-33H,6-9,11-14,16,18H2,1-4H3/t20-,22+,23-,24+,25+,26+,27-,29+,30+/m0/s1. The lowest BCUT2D eigenvalue weighted by Crippen LogP contribution is -2.52. The van der Waals surface area contributed by atoms with Gasteiger partial charge in [0, 0.05) is 18.8 Å². The molecular weight excluding hydrogens is 420 g/mol. The van der Waals surface area contributed by atoms with Crippen LogP contribution in [0.25, 0.3) is 0 Å². The molecule has 0 heterocycles. The minimum Gasteiger partial charge on any atom is -0.387 e. The van der Waals surface area contributed by atoms with Gasteiger partial charge in [-0.15, -0.1) is 0 Å². The number of nitrogens with one attached hydrogen (secondary N) is 1. The van der Waals surface area contributed by atoms with Gasteiger partial charge in [-0.2, -0.15) is 5.26 Å². The van der Waals surface area contributed by atoms with Crippen LogP contribution in [0.15, 0.2) is 18.2 Å². The van der Waals surface area contributed by atoms with Gasteiger partial charge in [0.05, 0.1) is 23.8 Å². The number of fused-ring (bicyclic) bond motifs is 5. The summed E-state index contributed by atoms with van der Waals surface area (Å²) in [6.45, 7) is 7.60. The molecule has 0 bridgehead atoms. The van der Waals surface area contributed by atoms with E-state index in [1.54, 1.807) is 7.11 Å². The fraction of sp³-hybridized carbons (Fsp3) is 0.767. The molecule has 2 N–H and O–H groups in total. The number of nitriles is 1. The molecule has 4 fully saturated rings.